The first kappa shape index (κ1) is 22.4. The highest BCUT2D eigenvalue weighted by atomic mass is 16.1. The van der Waals surface area contributed by atoms with Crippen LogP contribution >= 0.6 is 0 Å². The Morgan fingerprint density at radius 1 is 1.16 bits per heavy atom. The molecule has 4 rings (SSSR count). The third-order valence-corrected chi connectivity index (χ3v) is 5.94. The zero-order chi connectivity index (χ0) is 22.7. The maximum absolute atomic E-state index is 13.5. The van der Waals surface area contributed by atoms with Gasteiger partial charge in [-0.05, 0) is 37.7 Å². The van der Waals surface area contributed by atoms with Gasteiger partial charge in [0.25, 0.3) is 5.91 Å². The lowest BCUT2D eigenvalue weighted by molar-refractivity contribution is 0.0927. The number of rotatable bonds is 7. The maximum atomic E-state index is 13.5. The van der Waals surface area contributed by atoms with Crippen molar-refractivity contribution in [2.24, 2.45) is 5.41 Å². The molecule has 0 bridgehead atoms. The molecule has 2 aromatic heterocycles. The number of hydrogen-bond donors (Lipinski definition) is 1. The monoisotopic (exact) mass is 431 g/mol. The lowest BCUT2D eigenvalue weighted by atomic mass is 9.91. The van der Waals surface area contributed by atoms with Gasteiger partial charge < -0.3 is 10.2 Å². The van der Waals surface area contributed by atoms with E-state index >= 15 is 0 Å². The summed E-state index contributed by atoms with van der Waals surface area (Å²) >= 11 is 0. The van der Waals surface area contributed by atoms with E-state index in [0.29, 0.717) is 13.1 Å². The highest BCUT2D eigenvalue weighted by molar-refractivity contribution is 6.07. The second-order valence-corrected chi connectivity index (χ2v) is 9.80. The lowest BCUT2D eigenvalue weighted by Gasteiger charge is -2.31. The van der Waals surface area contributed by atoms with Crippen molar-refractivity contribution < 1.29 is 4.79 Å². The maximum Gasteiger partial charge on any atom is 0.252 e. The standard InChI is InChI=1S/C26H33N5O/c1-26(2,18-30(3)4)17-28-25(32)24-20-10-5-6-11-22(20)29-23-12-14-31(16-21(23)24)15-19-9-7-8-13-27-19/h5-11,13H,12,14-18H2,1-4H3,(H,28,32). The fraction of sp³-hybridized carbons (Fsp3) is 0.423. The predicted octanol–water partition coefficient (Wildman–Crippen LogP) is 3.51. The van der Waals surface area contributed by atoms with Gasteiger partial charge in [-0.3, -0.25) is 19.7 Å². The van der Waals surface area contributed by atoms with E-state index in [9.17, 15) is 4.79 Å². The molecule has 6 nitrogen and oxygen atoms in total. The Kier molecular flexibility index (Phi) is 6.53. The number of carbonyl (C=O) groups is 1. The summed E-state index contributed by atoms with van der Waals surface area (Å²) in [6, 6.07) is 14.0. The number of carbonyl (C=O) groups excluding carboxylic acids is 1. The first-order chi connectivity index (χ1) is 15.3. The first-order valence-electron chi connectivity index (χ1n) is 11.3. The Morgan fingerprint density at radius 2 is 1.94 bits per heavy atom. The number of pyridine rings is 2. The molecular formula is C26H33N5O. The molecule has 0 radical (unpaired) electrons. The topological polar surface area (TPSA) is 61.4 Å². The van der Waals surface area contributed by atoms with E-state index in [1.807, 2.05) is 42.6 Å². The van der Waals surface area contributed by atoms with Crippen molar-refractivity contribution in [2.45, 2.75) is 33.4 Å². The Labute approximate surface area is 190 Å². The zero-order valence-corrected chi connectivity index (χ0v) is 19.6. The number of aromatic nitrogens is 2. The van der Waals surface area contributed by atoms with Gasteiger partial charge in [0.15, 0.2) is 0 Å². The smallest absolute Gasteiger partial charge is 0.252 e. The molecule has 3 heterocycles. The number of benzene rings is 1. The van der Waals surface area contributed by atoms with Crippen molar-refractivity contribution >= 4 is 16.8 Å². The average molecular weight is 432 g/mol. The number of para-hydroxylation sites is 1. The van der Waals surface area contributed by atoms with Crippen molar-refractivity contribution in [3.8, 4) is 0 Å². The van der Waals surface area contributed by atoms with E-state index in [2.05, 4.69) is 54.1 Å². The summed E-state index contributed by atoms with van der Waals surface area (Å²) < 4.78 is 0. The molecule has 0 spiro atoms. The summed E-state index contributed by atoms with van der Waals surface area (Å²) in [7, 11) is 4.12. The number of nitrogens with zero attached hydrogens (tertiary/aromatic N) is 4. The molecule has 0 aliphatic carbocycles. The van der Waals surface area contributed by atoms with Crippen LogP contribution in [-0.4, -0.2) is 59.4 Å². The predicted molar refractivity (Wildman–Crippen MR) is 128 cm³/mol. The third-order valence-electron chi connectivity index (χ3n) is 5.94. The van der Waals surface area contributed by atoms with Crippen molar-refractivity contribution in [3.05, 3.63) is 71.2 Å². The minimum Gasteiger partial charge on any atom is -0.351 e. The van der Waals surface area contributed by atoms with Crippen LogP contribution in [0.2, 0.25) is 0 Å². The minimum absolute atomic E-state index is 0.00799. The van der Waals surface area contributed by atoms with Gasteiger partial charge in [0.05, 0.1) is 16.8 Å². The molecule has 168 valence electrons. The van der Waals surface area contributed by atoms with Crippen molar-refractivity contribution in [1.82, 2.24) is 25.1 Å². The van der Waals surface area contributed by atoms with Gasteiger partial charge in [-0.25, -0.2) is 0 Å². The SMILES string of the molecule is CN(C)CC(C)(C)CNC(=O)c1c2c(nc3ccccc13)CCN(Cc1ccccn1)C2. The summed E-state index contributed by atoms with van der Waals surface area (Å²) in [6.45, 7) is 8.26. The van der Waals surface area contributed by atoms with Crippen LogP contribution < -0.4 is 5.32 Å². The summed E-state index contributed by atoms with van der Waals surface area (Å²) in [5.74, 6) is -0.00799. The summed E-state index contributed by atoms with van der Waals surface area (Å²) in [6.07, 6.45) is 2.66. The van der Waals surface area contributed by atoms with Gasteiger partial charge in [0.1, 0.15) is 0 Å². The molecule has 1 aliphatic rings. The normalized spacial score (nSPS) is 14.5. The van der Waals surface area contributed by atoms with Gasteiger partial charge in [0, 0.05) is 62.0 Å². The van der Waals surface area contributed by atoms with Crippen LogP contribution in [0.25, 0.3) is 10.9 Å². The Bertz CT molecular complexity index is 1090. The molecule has 0 atom stereocenters. The van der Waals surface area contributed by atoms with Crippen molar-refractivity contribution in [1.29, 1.82) is 0 Å². The van der Waals surface area contributed by atoms with Gasteiger partial charge in [0.2, 0.25) is 0 Å². The van der Waals surface area contributed by atoms with Crippen LogP contribution in [0.3, 0.4) is 0 Å². The Balaban J connectivity index is 1.64. The second-order valence-electron chi connectivity index (χ2n) is 9.80. The molecule has 1 amide bonds. The van der Waals surface area contributed by atoms with E-state index in [1.165, 1.54) is 0 Å². The molecule has 0 fully saturated rings. The molecule has 32 heavy (non-hydrogen) atoms. The lowest BCUT2D eigenvalue weighted by Crippen LogP contribution is -2.41. The molecular weight excluding hydrogens is 398 g/mol. The van der Waals surface area contributed by atoms with E-state index in [4.69, 9.17) is 4.98 Å². The molecule has 1 aliphatic heterocycles. The summed E-state index contributed by atoms with van der Waals surface area (Å²) in [5, 5.41) is 4.15. The first-order valence-corrected chi connectivity index (χ1v) is 11.3. The van der Waals surface area contributed by atoms with Crippen LogP contribution in [0.5, 0.6) is 0 Å². The second kappa shape index (κ2) is 9.35. The fourth-order valence-electron chi connectivity index (χ4n) is 4.68. The highest BCUT2D eigenvalue weighted by Gasteiger charge is 2.27. The highest BCUT2D eigenvalue weighted by Crippen LogP contribution is 2.29. The molecule has 6 heteroatoms. The fourth-order valence-corrected chi connectivity index (χ4v) is 4.68. The zero-order valence-electron chi connectivity index (χ0n) is 19.6. The molecule has 1 N–H and O–H groups in total. The van der Waals surface area contributed by atoms with E-state index in [1.54, 1.807) is 0 Å². The Morgan fingerprint density at radius 3 is 2.69 bits per heavy atom. The van der Waals surface area contributed by atoms with Crippen molar-refractivity contribution in [3.63, 3.8) is 0 Å². The molecule has 0 unspecified atom stereocenters. The summed E-state index contributed by atoms with van der Waals surface area (Å²) in [5.41, 5.74) is 4.78. The average Bonchev–Trinajstić information content (AvgIpc) is 2.76. The largest absolute Gasteiger partial charge is 0.351 e. The summed E-state index contributed by atoms with van der Waals surface area (Å²) in [4.78, 5) is 27.5. The van der Waals surface area contributed by atoms with Crippen LogP contribution in [0.4, 0.5) is 0 Å². The molecule has 0 saturated heterocycles. The van der Waals surface area contributed by atoms with Gasteiger partial charge in [-0.1, -0.05) is 38.1 Å². The molecule has 3 aromatic rings. The van der Waals surface area contributed by atoms with Crippen molar-refractivity contribution in [2.75, 3.05) is 33.7 Å². The van der Waals surface area contributed by atoms with Gasteiger partial charge in [-0.2, -0.15) is 0 Å². The number of amides is 1. The Hall–Kier alpha value is -2.83. The third kappa shape index (κ3) is 5.14. The minimum atomic E-state index is -0.0208. The van der Waals surface area contributed by atoms with Crippen LogP contribution in [0, 0.1) is 5.41 Å². The van der Waals surface area contributed by atoms with E-state index < -0.39 is 0 Å². The quantitative estimate of drug-likeness (QED) is 0.620. The molecule has 1 aromatic carbocycles. The van der Waals surface area contributed by atoms with Gasteiger partial charge in [-0.15, -0.1) is 0 Å². The van der Waals surface area contributed by atoms with E-state index in [-0.39, 0.29) is 11.3 Å². The van der Waals surface area contributed by atoms with E-state index in [0.717, 1.165) is 59.5 Å². The number of nitrogens with one attached hydrogen (secondary N) is 1. The van der Waals surface area contributed by atoms with Crippen LogP contribution in [-0.2, 0) is 19.5 Å². The van der Waals surface area contributed by atoms with Gasteiger partial charge >= 0.3 is 0 Å². The van der Waals surface area contributed by atoms with Crippen LogP contribution in [0.1, 0.15) is 41.2 Å². The number of hydrogen-bond acceptors (Lipinski definition) is 5. The number of fused-ring (bicyclic) bond motifs is 2. The molecule has 0 saturated carbocycles. The van der Waals surface area contributed by atoms with Crippen LogP contribution in [0.15, 0.2) is 48.7 Å².